The zero-order valence-corrected chi connectivity index (χ0v) is 15.2. The van der Waals surface area contributed by atoms with Gasteiger partial charge in [0.1, 0.15) is 0 Å². The Kier molecular flexibility index (Phi) is 5.86. The Hall–Kier alpha value is -3.15. The first-order valence-electron chi connectivity index (χ1n) is 9.03. The first-order valence-corrected chi connectivity index (χ1v) is 9.03. The van der Waals surface area contributed by atoms with Crippen LogP contribution in [-0.2, 0) is 20.7 Å². The third kappa shape index (κ3) is 4.73. The van der Waals surface area contributed by atoms with E-state index in [-0.39, 0.29) is 12.5 Å². The van der Waals surface area contributed by atoms with Crippen molar-refractivity contribution in [1.29, 1.82) is 0 Å². The molecule has 3 rings (SSSR count). The fraction of sp³-hybridized carbons (Fsp3) is 0.286. The molecule has 27 heavy (non-hydrogen) atoms. The van der Waals surface area contributed by atoms with Crippen molar-refractivity contribution in [2.75, 3.05) is 23.4 Å². The maximum Gasteiger partial charge on any atom is 0.338 e. The Morgan fingerprint density at radius 1 is 1.15 bits per heavy atom. The first-order chi connectivity index (χ1) is 13.1. The van der Waals surface area contributed by atoms with Crippen LogP contribution in [0.3, 0.4) is 0 Å². The van der Waals surface area contributed by atoms with Crippen molar-refractivity contribution in [1.82, 2.24) is 0 Å². The minimum absolute atomic E-state index is 0.0500. The summed E-state index contributed by atoms with van der Waals surface area (Å²) >= 11 is 0. The summed E-state index contributed by atoms with van der Waals surface area (Å²) < 4.78 is 5.10. The molecule has 2 amide bonds. The topological polar surface area (TPSA) is 75.7 Å². The fourth-order valence-electron chi connectivity index (χ4n) is 2.96. The molecule has 1 heterocycles. The third-order valence-electron chi connectivity index (χ3n) is 4.45. The Bertz CT molecular complexity index is 846. The van der Waals surface area contributed by atoms with Crippen LogP contribution >= 0.6 is 0 Å². The maximum absolute atomic E-state index is 12.2. The number of carbonyl (C=O) groups is 3. The van der Waals surface area contributed by atoms with E-state index in [9.17, 15) is 14.4 Å². The van der Waals surface area contributed by atoms with Crippen molar-refractivity contribution in [3.63, 3.8) is 0 Å². The quantitative estimate of drug-likeness (QED) is 0.797. The van der Waals surface area contributed by atoms with Crippen molar-refractivity contribution in [2.24, 2.45) is 0 Å². The monoisotopic (exact) mass is 366 g/mol. The molecule has 0 unspecified atom stereocenters. The largest absolute Gasteiger partial charge is 0.452 e. The number of benzene rings is 2. The lowest BCUT2D eigenvalue weighted by atomic mass is 10.1. The Labute approximate surface area is 158 Å². The van der Waals surface area contributed by atoms with Gasteiger partial charge in [-0.2, -0.15) is 0 Å². The van der Waals surface area contributed by atoms with Gasteiger partial charge in [-0.05, 0) is 48.7 Å². The second-order valence-electron chi connectivity index (χ2n) is 6.37. The molecule has 1 aliphatic rings. The maximum atomic E-state index is 12.2. The molecule has 0 radical (unpaired) electrons. The number of ether oxygens (including phenoxy) is 1. The van der Waals surface area contributed by atoms with Gasteiger partial charge in [0, 0.05) is 24.3 Å². The summed E-state index contributed by atoms with van der Waals surface area (Å²) in [5.41, 5.74) is 2.82. The highest BCUT2D eigenvalue weighted by Crippen LogP contribution is 2.22. The van der Waals surface area contributed by atoms with Gasteiger partial charge in [-0.1, -0.05) is 25.1 Å². The molecule has 6 nitrogen and oxygen atoms in total. The summed E-state index contributed by atoms with van der Waals surface area (Å²) in [6.45, 7) is 2.33. The summed E-state index contributed by atoms with van der Waals surface area (Å²) in [5.74, 6) is -0.951. The molecule has 6 heteroatoms. The molecule has 0 spiro atoms. The minimum atomic E-state index is -0.597. The summed E-state index contributed by atoms with van der Waals surface area (Å²) in [6, 6.07) is 14.2. The summed E-state index contributed by atoms with van der Waals surface area (Å²) in [6.07, 6.45) is 2.26. The van der Waals surface area contributed by atoms with Crippen molar-refractivity contribution in [2.45, 2.75) is 26.2 Å². The van der Waals surface area contributed by atoms with Crippen molar-refractivity contribution in [3.05, 3.63) is 59.7 Å². The molecule has 2 aromatic rings. The van der Waals surface area contributed by atoms with Gasteiger partial charge in [-0.3, -0.25) is 9.59 Å². The van der Waals surface area contributed by atoms with Crippen LogP contribution in [0.1, 0.15) is 35.7 Å². The predicted octanol–water partition coefficient (Wildman–Crippen LogP) is 3.17. The lowest BCUT2D eigenvalue weighted by Crippen LogP contribution is -2.24. The van der Waals surface area contributed by atoms with Gasteiger partial charge < -0.3 is 15.0 Å². The minimum Gasteiger partial charge on any atom is -0.452 e. The number of nitrogens with zero attached hydrogens (tertiary/aromatic N) is 1. The van der Waals surface area contributed by atoms with Crippen molar-refractivity contribution < 1.29 is 19.1 Å². The molecular formula is C21H22N2O4. The zero-order valence-electron chi connectivity index (χ0n) is 15.2. The number of nitrogens with one attached hydrogen (secondary N) is 1. The van der Waals surface area contributed by atoms with Crippen LogP contribution in [0.25, 0.3) is 0 Å². The van der Waals surface area contributed by atoms with Gasteiger partial charge in [-0.15, -0.1) is 0 Å². The zero-order chi connectivity index (χ0) is 19.2. The number of anilines is 2. The molecule has 1 aliphatic heterocycles. The highest BCUT2D eigenvalue weighted by atomic mass is 16.5. The fourth-order valence-corrected chi connectivity index (χ4v) is 2.96. The molecule has 0 saturated carbocycles. The summed E-state index contributed by atoms with van der Waals surface area (Å²) in [7, 11) is 0. The van der Waals surface area contributed by atoms with Crippen LogP contribution in [0.2, 0.25) is 0 Å². The van der Waals surface area contributed by atoms with Crippen molar-refractivity contribution in [3.8, 4) is 0 Å². The van der Waals surface area contributed by atoms with Crippen LogP contribution in [0.5, 0.6) is 0 Å². The molecule has 1 saturated heterocycles. The van der Waals surface area contributed by atoms with Gasteiger partial charge in [-0.25, -0.2) is 4.79 Å². The van der Waals surface area contributed by atoms with Gasteiger partial charge in [0.2, 0.25) is 5.91 Å². The molecule has 2 aromatic carbocycles. The lowest BCUT2D eigenvalue weighted by molar-refractivity contribution is -0.119. The van der Waals surface area contributed by atoms with Crippen LogP contribution in [0.15, 0.2) is 48.5 Å². The number of amides is 2. The molecule has 0 aromatic heterocycles. The normalized spacial score (nSPS) is 13.5. The van der Waals surface area contributed by atoms with E-state index in [1.165, 1.54) is 5.56 Å². The van der Waals surface area contributed by atoms with Crippen molar-refractivity contribution >= 4 is 29.2 Å². The standard InChI is InChI=1S/C21H22N2O4/c1-2-15-8-10-17(11-9-15)22-19(24)14-27-21(26)16-5-3-6-18(13-16)23-12-4-7-20(23)25/h3,5-6,8-11,13H,2,4,7,12,14H2,1H3,(H,22,24). The van der Waals surface area contributed by atoms with Gasteiger partial charge in [0.15, 0.2) is 6.61 Å². The number of aryl methyl sites for hydroxylation is 1. The van der Waals surface area contributed by atoms with Crippen LogP contribution in [0.4, 0.5) is 11.4 Å². The van der Waals surface area contributed by atoms with Gasteiger partial charge >= 0.3 is 5.97 Å². The number of hydrogen-bond donors (Lipinski definition) is 1. The van der Waals surface area contributed by atoms with Gasteiger partial charge in [0.05, 0.1) is 5.56 Å². The van der Waals surface area contributed by atoms with E-state index in [1.54, 1.807) is 29.2 Å². The predicted molar refractivity (Wildman–Crippen MR) is 103 cm³/mol. The SMILES string of the molecule is CCc1ccc(NC(=O)COC(=O)c2cccc(N3CCCC3=O)c2)cc1. The lowest BCUT2D eigenvalue weighted by Gasteiger charge is -2.16. The van der Waals surface area contributed by atoms with E-state index in [4.69, 9.17) is 4.74 Å². The Morgan fingerprint density at radius 3 is 2.59 bits per heavy atom. The summed E-state index contributed by atoms with van der Waals surface area (Å²) in [4.78, 5) is 37.7. The molecule has 0 atom stereocenters. The number of rotatable bonds is 6. The Morgan fingerprint density at radius 2 is 1.93 bits per heavy atom. The Balaban J connectivity index is 1.55. The molecule has 1 fully saturated rings. The first kappa shape index (κ1) is 18.6. The van der Waals surface area contributed by atoms with E-state index in [1.807, 2.05) is 24.3 Å². The van der Waals surface area contributed by atoms with E-state index in [2.05, 4.69) is 12.2 Å². The van der Waals surface area contributed by atoms with E-state index < -0.39 is 11.9 Å². The van der Waals surface area contributed by atoms with E-state index in [0.717, 1.165) is 12.8 Å². The second-order valence-corrected chi connectivity index (χ2v) is 6.37. The average Bonchev–Trinajstić information content (AvgIpc) is 3.13. The highest BCUT2D eigenvalue weighted by molar-refractivity contribution is 5.98. The summed E-state index contributed by atoms with van der Waals surface area (Å²) in [5, 5.41) is 2.69. The van der Waals surface area contributed by atoms with Crippen LogP contribution in [0, 0.1) is 0 Å². The molecule has 1 N–H and O–H groups in total. The third-order valence-corrected chi connectivity index (χ3v) is 4.45. The van der Waals surface area contributed by atoms with Crippen LogP contribution < -0.4 is 10.2 Å². The van der Waals surface area contributed by atoms with E-state index >= 15 is 0 Å². The molecular weight excluding hydrogens is 344 g/mol. The average molecular weight is 366 g/mol. The van der Waals surface area contributed by atoms with Crippen LogP contribution in [-0.4, -0.2) is 30.9 Å². The van der Waals surface area contributed by atoms with E-state index in [0.29, 0.717) is 29.9 Å². The highest BCUT2D eigenvalue weighted by Gasteiger charge is 2.22. The molecule has 0 aliphatic carbocycles. The second kappa shape index (κ2) is 8.49. The molecule has 0 bridgehead atoms. The number of hydrogen-bond acceptors (Lipinski definition) is 4. The smallest absolute Gasteiger partial charge is 0.338 e. The number of esters is 1. The van der Waals surface area contributed by atoms with Gasteiger partial charge in [0.25, 0.3) is 5.91 Å². The number of carbonyl (C=O) groups excluding carboxylic acids is 3. The molecule has 140 valence electrons.